The fraction of sp³-hybridized carbons (Fsp3) is 0.500. The van der Waals surface area contributed by atoms with E-state index < -0.39 is 63.8 Å². The Hall–Kier alpha value is -3.48. The number of aliphatic carboxylic acids is 1. The third kappa shape index (κ3) is 5.62. The lowest BCUT2D eigenvalue weighted by Gasteiger charge is -2.51. The van der Waals surface area contributed by atoms with Gasteiger partial charge < -0.3 is 24.6 Å². The molecule has 2 aliphatic heterocycles. The summed E-state index contributed by atoms with van der Waals surface area (Å²) in [6, 6.07) is 9.28. The lowest BCUT2D eigenvalue weighted by atomic mass is 9.70. The Morgan fingerprint density at radius 2 is 1.83 bits per heavy atom. The van der Waals surface area contributed by atoms with Gasteiger partial charge in [-0.05, 0) is 25.1 Å². The number of alkyl halides is 3. The summed E-state index contributed by atoms with van der Waals surface area (Å²) in [6.07, 6.45) is -6.04. The van der Waals surface area contributed by atoms with Gasteiger partial charge in [0.1, 0.15) is 29.3 Å². The van der Waals surface area contributed by atoms with Crippen LogP contribution in [0.3, 0.4) is 0 Å². The van der Waals surface area contributed by atoms with Crippen LogP contribution >= 0.6 is 0 Å². The van der Waals surface area contributed by atoms with Crippen molar-refractivity contribution in [3.05, 3.63) is 53.6 Å². The lowest BCUT2D eigenvalue weighted by Crippen LogP contribution is -2.75. The number of carboxylic acid groups (broad SMARTS) is 1. The van der Waals surface area contributed by atoms with Crippen LogP contribution in [0, 0.1) is 10.8 Å². The van der Waals surface area contributed by atoms with E-state index in [4.69, 9.17) is 9.47 Å². The van der Waals surface area contributed by atoms with Gasteiger partial charge in [0, 0.05) is 36.6 Å². The molecular formula is C30H36F3N2O7+. The number of ether oxygens (including phenoxy) is 3. The first kappa shape index (κ1) is 31.5. The van der Waals surface area contributed by atoms with Gasteiger partial charge in [0.05, 0.1) is 19.2 Å². The van der Waals surface area contributed by atoms with Gasteiger partial charge in [-0.25, -0.2) is 9.28 Å². The Balaban J connectivity index is 2.09. The maximum absolute atomic E-state index is 14.5. The van der Waals surface area contributed by atoms with E-state index in [1.807, 2.05) is 20.8 Å². The number of benzene rings is 2. The average Bonchev–Trinajstić information content (AvgIpc) is 3.01. The predicted octanol–water partition coefficient (Wildman–Crippen LogP) is 4.62. The molecule has 12 heteroatoms. The van der Waals surface area contributed by atoms with Gasteiger partial charge in [-0.2, -0.15) is 0 Å². The molecule has 0 spiro atoms. The van der Waals surface area contributed by atoms with E-state index in [0.717, 1.165) is 6.07 Å². The third-order valence-electron chi connectivity index (χ3n) is 8.03. The highest BCUT2D eigenvalue weighted by Crippen LogP contribution is 2.50. The lowest BCUT2D eigenvalue weighted by molar-refractivity contribution is -0.275. The first-order valence-corrected chi connectivity index (χ1v) is 13.6. The van der Waals surface area contributed by atoms with Crippen molar-refractivity contribution >= 4 is 23.3 Å². The number of piperidine rings is 1. The number of rotatable bonds is 7. The number of hydrogen-bond donors (Lipinski definition) is 2. The first-order chi connectivity index (χ1) is 19.6. The molecule has 4 rings (SSSR count). The van der Waals surface area contributed by atoms with Gasteiger partial charge in [0.15, 0.2) is 17.8 Å². The quantitative estimate of drug-likeness (QED) is 0.354. The summed E-state index contributed by atoms with van der Waals surface area (Å²) in [6.45, 7) is 6.61. The van der Waals surface area contributed by atoms with Crippen molar-refractivity contribution in [1.29, 1.82) is 0 Å². The fourth-order valence-electron chi connectivity index (χ4n) is 6.49. The summed E-state index contributed by atoms with van der Waals surface area (Å²) >= 11 is 0. The minimum Gasteiger partial charge on any atom is -0.497 e. The number of nitrogens with zero attached hydrogens (tertiary/aromatic N) is 1. The maximum Gasteiger partial charge on any atom is 0.573 e. The Morgan fingerprint density at radius 3 is 2.43 bits per heavy atom. The highest BCUT2D eigenvalue weighted by molar-refractivity contribution is 6.05. The second-order valence-electron chi connectivity index (χ2n) is 12.0. The number of hydrogen-bond acceptors (Lipinski definition) is 7. The number of nitrogens with one attached hydrogen (secondary N) is 1. The number of quaternary nitrogens is 1. The van der Waals surface area contributed by atoms with Crippen LogP contribution in [0.5, 0.6) is 11.5 Å². The monoisotopic (exact) mass is 593 g/mol. The van der Waals surface area contributed by atoms with Crippen molar-refractivity contribution in [3.63, 3.8) is 0 Å². The Kier molecular flexibility index (Phi) is 8.47. The number of Topliss-reactive ketones (excluding diaryl/α,β-unsaturated/α-hetero) is 1. The molecule has 1 amide bonds. The summed E-state index contributed by atoms with van der Waals surface area (Å²) in [5.41, 5.74) is -1.87. The summed E-state index contributed by atoms with van der Waals surface area (Å²) in [5.74, 6) is -2.62. The third-order valence-corrected chi connectivity index (χ3v) is 8.03. The van der Waals surface area contributed by atoms with Crippen LogP contribution in [-0.2, 0) is 19.1 Å². The maximum atomic E-state index is 14.5. The van der Waals surface area contributed by atoms with E-state index in [2.05, 4.69) is 10.1 Å². The molecule has 228 valence electrons. The van der Waals surface area contributed by atoms with Crippen molar-refractivity contribution in [2.75, 3.05) is 33.4 Å². The molecule has 2 aromatic rings. The van der Waals surface area contributed by atoms with Crippen LogP contribution in [-0.4, -0.2) is 68.5 Å². The van der Waals surface area contributed by atoms with Crippen molar-refractivity contribution in [3.8, 4) is 11.5 Å². The Morgan fingerprint density at radius 1 is 1.14 bits per heavy atom. The number of carboxylic acids is 1. The summed E-state index contributed by atoms with van der Waals surface area (Å²) < 4.78 is 55.6. The second-order valence-corrected chi connectivity index (χ2v) is 12.0. The molecule has 0 aliphatic carbocycles. The number of carbonyl (C=O) groups excluding carboxylic acids is 2. The minimum atomic E-state index is -4.99. The molecule has 1 saturated heterocycles. The number of fused-ring (bicyclic) bond motifs is 1. The highest BCUT2D eigenvalue weighted by Gasteiger charge is 2.65. The number of methoxy groups -OCH3 is 1. The molecule has 1 fully saturated rings. The van der Waals surface area contributed by atoms with Gasteiger partial charge >= 0.3 is 18.2 Å². The average molecular weight is 594 g/mol. The van der Waals surface area contributed by atoms with E-state index in [0.29, 0.717) is 23.5 Å². The van der Waals surface area contributed by atoms with Gasteiger partial charge in [-0.1, -0.05) is 39.0 Å². The fourth-order valence-corrected chi connectivity index (χ4v) is 6.49. The highest BCUT2D eigenvalue weighted by atomic mass is 19.4. The van der Waals surface area contributed by atoms with E-state index in [9.17, 15) is 32.7 Å². The zero-order valence-electron chi connectivity index (χ0n) is 24.2. The van der Waals surface area contributed by atoms with Crippen LogP contribution in [0.25, 0.3) is 0 Å². The molecule has 2 heterocycles. The molecule has 2 aliphatic rings. The van der Waals surface area contributed by atoms with Crippen LogP contribution in [0.1, 0.15) is 51.3 Å². The molecule has 4 atom stereocenters. The number of para-hydroxylation sites is 1. The minimum absolute atomic E-state index is 0.0225. The van der Waals surface area contributed by atoms with E-state index in [1.165, 1.54) is 32.2 Å². The van der Waals surface area contributed by atoms with E-state index >= 15 is 0 Å². The first-order valence-electron chi connectivity index (χ1n) is 13.6. The number of amides is 1. The molecule has 2 aromatic carbocycles. The second kappa shape index (κ2) is 11.3. The molecule has 2 N–H and O–H groups in total. The van der Waals surface area contributed by atoms with E-state index in [1.54, 1.807) is 18.2 Å². The van der Waals surface area contributed by atoms with Gasteiger partial charge in [0.2, 0.25) is 0 Å². The molecule has 0 saturated carbocycles. The van der Waals surface area contributed by atoms with E-state index in [-0.39, 0.29) is 25.1 Å². The summed E-state index contributed by atoms with van der Waals surface area (Å²) in [5, 5.41) is 13.6. The van der Waals surface area contributed by atoms with Gasteiger partial charge in [-0.3, -0.25) is 9.59 Å². The van der Waals surface area contributed by atoms with Gasteiger partial charge in [0.25, 0.3) is 0 Å². The molecule has 2 unspecified atom stereocenters. The summed E-state index contributed by atoms with van der Waals surface area (Å²) in [4.78, 5) is 40.8. The van der Waals surface area contributed by atoms with Crippen LogP contribution in [0.4, 0.5) is 18.9 Å². The van der Waals surface area contributed by atoms with Crippen LogP contribution < -0.4 is 19.3 Å². The smallest absolute Gasteiger partial charge is 0.497 e. The number of carbonyl (C=O) groups is 3. The molecule has 9 nitrogen and oxygen atoms in total. The Labute approximate surface area is 242 Å². The van der Waals surface area contributed by atoms with Crippen molar-refractivity contribution in [1.82, 2.24) is 9.80 Å². The Bertz CT molecular complexity index is 1360. The van der Waals surface area contributed by atoms with Gasteiger partial charge in [-0.15, -0.1) is 13.2 Å². The molecular weight excluding hydrogens is 557 g/mol. The van der Waals surface area contributed by atoms with Crippen LogP contribution in [0.15, 0.2) is 42.5 Å². The van der Waals surface area contributed by atoms with Crippen molar-refractivity contribution < 1.29 is 46.9 Å². The summed E-state index contributed by atoms with van der Waals surface area (Å²) in [7, 11) is 1.43. The normalized spacial score (nSPS) is 26.6. The topological polar surface area (TPSA) is 111 Å². The molecule has 0 bridgehead atoms. The molecule has 0 aromatic heterocycles. The zero-order chi connectivity index (χ0) is 31.1. The van der Waals surface area contributed by atoms with Crippen molar-refractivity contribution in [2.45, 2.75) is 52.6 Å². The molecule has 0 radical (unpaired) electrons. The molecule has 42 heavy (non-hydrogen) atoms. The predicted molar refractivity (Wildman–Crippen MR) is 147 cm³/mol. The SMILES string of the molecule is COc1ccc2c(c1)C(c1ccccc1OC(F)(F)F)OCC(=O)[N+]2(CC(C)(C)C)[C@@H]1CCNC[C@@]1(C(C)=O)C(=O)O. The zero-order valence-corrected chi connectivity index (χ0v) is 24.2. The number of ketones is 1. The standard InChI is InChI=1S/C30H35F3N2O7/c1-18(36)29(27(38)39)16-34-13-12-24(29)35(17-28(2,3)4)22-11-10-19(40-5)14-21(22)26(41-15-25(35)37)20-8-6-7-9-23(20)42-30(31,32)33/h6-11,14,24,26,34H,12-13,15-17H2,1-5H3/p+1/t24-,26?,29+,35?/m1/s1. The van der Waals surface area contributed by atoms with Crippen LogP contribution in [0.2, 0.25) is 0 Å². The largest absolute Gasteiger partial charge is 0.573 e. The number of halogens is 3. The van der Waals surface area contributed by atoms with Crippen molar-refractivity contribution in [2.24, 2.45) is 10.8 Å².